The first-order chi connectivity index (χ1) is 8.93. The third-order valence-electron chi connectivity index (χ3n) is 2.80. The zero-order chi connectivity index (χ0) is 14.2. The number of ketones is 1. The number of halogens is 2. The molecule has 0 radical (unpaired) electrons. The molecule has 0 spiro atoms. The Morgan fingerprint density at radius 2 is 1.74 bits per heavy atom. The van der Waals surface area contributed by atoms with Gasteiger partial charge in [-0.3, -0.25) is 4.79 Å². The topological polar surface area (TPSA) is 26.3 Å². The highest BCUT2D eigenvalue weighted by atomic mass is 79.9. The van der Waals surface area contributed by atoms with Crippen LogP contribution in [0.2, 0.25) is 0 Å². The molecular formula is C14H12Br2O2S. The van der Waals surface area contributed by atoms with Gasteiger partial charge in [-0.25, -0.2) is 0 Å². The molecule has 0 aliphatic heterocycles. The van der Waals surface area contributed by atoms with Gasteiger partial charge in [-0.05, 0) is 75.0 Å². The third kappa shape index (κ3) is 2.93. The molecular weight excluding hydrogens is 392 g/mol. The van der Waals surface area contributed by atoms with Crippen molar-refractivity contribution in [3.8, 4) is 5.75 Å². The number of hydrogen-bond acceptors (Lipinski definition) is 3. The van der Waals surface area contributed by atoms with Gasteiger partial charge in [0.25, 0.3) is 0 Å². The normalized spacial score (nSPS) is 10.6. The SMILES string of the molecule is COc1c(C)cc(C(=O)c2cc(Br)c(Br)s2)cc1C. The van der Waals surface area contributed by atoms with E-state index < -0.39 is 0 Å². The third-order valence-corrected chi connectivity index (χ3v) is 6.05. The molecule has 0 fully saturated rings. The largest absolute Gasteiger partial charge is 0.496 e. The first-order valence-corrected chi connectivity index (χ1v) is 7.99. The Kier molecular flexibility index (Phi) is 4.48. The van der Waals surface area contributed by atoms with E-state index in [1.165, 1.54) is 11.3 Å². The lowest BCUT2D eigenvalue weighted by Crippen LogP contribution is -2.01. The van der Waals surface area contributed by atoms with Gasteiger partial charge in [-0.15, -0.1) is 11.3 Å². The van der Waals surface area contributed by atoms with E-state index in [0.29, 0.717) is 10.4 Å². The van der Waals surface area contributed by atoms with Crippen LogP contribution in [0.1, 0.15) is 26.4 Å². The highest BCUT2D eigenvalue weighted by Crippen LogP contribution is 2.34. The van der Waals surface area contributed by atoms with Crippen molar-refractivity contribution in [3.05, 3.63) is 48.0 Å². The highest BCUT2D eigenvalue weighted by Gasteiger charge is 2.16. The number of thiophene rings is 1. The summed E-state index contributed by atoms with van der Waals surface area (Å²) in [6.45, 7) is 3.89. The van der Waals surface area contributed by atoms with Crippen molar-refractivity contribution >= 4 is 49.0 Å². The van der Waals surface area contributed by atoms with Crippen molar-refractivity contribution in [2.45, 2.75) is 13.8 Å². The van der Waals surface area contributed by atoms with Crippen molar-refractivity contribution < 1.29 is 9.53 Å². The van der Waals surface area contributed by atoms with E-state index in [1.807, 2.05) is 32.0 Å². The van der Waals surface area contributed by atoms with E-state index in [2.05, 4.69) is 31.9 Å². The van der Waals surface area contributed by atoms with Gasteiger partial charge in [0.1, 0.15) is 5.75 Å². The fourth-order valence-electron chi connectivity index (χ4n) is 2.00. The molecule has 1 heterocycles. The molecule has 0 bridgehead atoms. The summed E-state index contributed by atoms with van der Waals surface area (Å²) in [7, 11) is 1.64. The summed E-state index contributed by atoms with van der Waals surface area (Å²) in [4.78, 5) is 13.2. The second-order valence-corrected chi connectivity index (χ2v) is 7.43. The minimum atomic E-state index is 0.0326. The first-order valence-electron chi connectivity index (χ1n) is 5.58. The molecule has 0 aliphatic carbocycles. The molecule has 1 aromatic heterocycles. The van der Waals surface area contributed by atoms with Crippen LogP contribution in [-0.2, 0) is 0 Å². The number of hydrogen-bond donors (Lipinski definition) is 0. The molecule has 5 heteroatoms. The van der Waals surface area contributed by atoms with E-state index in [1.54, 1.807) is 7.11 Å². The van der Waals surface area contributed by atoms with E-state index in [4.69, 9.17) is 4.74 Å². The number of ether oxygens (including phenoxy) is 1. The maximum absolute atomic E-state index is 12.4. The average Bonchev–Trinajstić information content (AvgIpc) is 2.68. The Bertz CT molecular complexity index is 604. The maximum Gasteiger partial charge on any atom is 0.203 e. The van der Waals surface area contributed by atoms with E-state index in [-0.39, 0.29) is 5.78 Å². The van der Waals surface area contributed by atoms with Crippen molar-refractivity contribution in [3.63, 3.8) is 0 Å². The van der Waals surface area contributed by atoms with Gasteiger partial charge in [0.15, 0.2) is 0 Å². The van der Waals surface area contributed by atoms with E-state index in [9.17, 15) is 4.79 Å². The summed E-state index contributed by atoms with van der Waals surface area (Å²) in [5.74, 6) is 0.871. The van der Waals surface area contributed by atoms with Crippen LogP contribution in [0, 0.1) is 13.8 Å². The molecule has 0 atom stereocenters. The number of aryl methyl sites for hydroxylation is 2. The Morgan fingerprint density at radius 3 is 2.16 bits per heavy atom. The number of rotatable bonds is 3. The summed E-state index contributed by atoms with van der Waals surface area (Å²) >= 11 is 8.24. The number of benzene rings is 1. The fraction of sp³-hybridized carbons (Fsp3) is 0.214. The lowest BCUT2D eigenvalue weighted by atomic mass is 10.0. The Labute approximate surface area is 133 Å². The van der Waals surface area contributed by atoms with Gasteiger partial charge >= 0.3 is 0 Å². The minimum Gasteiger partial charge on any atom is -0.496 e. The second-order valence-electron chi connectivity index (χ2n) is 4.20. The van der Waals surface area contributed by atoms with E-state index in [0.717, 1.165) is 25.1 Å². The van der Waals surface area contributed by atoms with Crippen LogP contribution in [-0.4, -0.2) is 12.9 Å². The number of carbonyl (C=O) groups excluding carboxylic acids is 1. The van der Waals surface area contributed by atoms with Crippen LogP contribution in [0.15, 0.2) is 26.5 Å². The summed E-state index contributed by atoms with van der Waals surface area (Å²) in [6.07, 6.45) is 0. The van der Waals surface area contributed by atoms with Crippen LogP contribution in [0.5, 0.6) is 5.75 Å². The highest BCUT2D eigenvalue weighted by molar-refractivity contribution is 9.13. The Morgan fingerprint density at radius 1 is 1.16 bits per heavy atom. The molecule has 0 saturated heterocycles. The van der Waals surface area contributed by atoms with Gasteiger partial charge in [0, 0.05) is 10.0 Å². The van der Waals surface area contributed by atoms with Gasteiger partial charge in [-0.1, -0.05) is 0 Å². The Balaban J connectivity index is 2.45. The molecule has 2 aromatic rings. The van der Waals surface area contributed by atoms with Crippen LogP contribution < -0.4 is 4.74 Å². The quantitative estimate of drug-likeness (QED) is 0.664. The molecule has 0 amide bonds. The summed E-state index contributed by atoms with van der Waals surface area (Å²) in [6, 6.07) is 5.58. The zero-order valence-corrected chi connectivity index (χ0v) is 14.7. The molecule has 100 valence electrons. The van der Waals surface area contributed by atoms with Gasteiger partial charge in [0.05, 0.1) is 15.8 Å². The monoisotopic (exact) mass is 402 g/mol. The van der Waals surface area contributed by atoms with Crippen LogP contribution in [0.4, 0.5) is 0 Å². The molecule has 1 aromatic carbocycles. The minimum absolute atomic E-state index is 0.0326. The average molecular weight is 404 g/mol. The number of methoxy groups -OCH3 is 1. The maximum atomic E-state index is 12.4. The van der Waals surface area contributed by atoms with Crippen LogP contribution >= 0.6 is 43.2 Å². The lowest BCUT2D eigenvalue weighted by Gasteiger charge is -2.10. The molecule has 0 N–H and O–H groups in total. The molecule has 0 saturated carbocycles. The van der Waals surface area contributed by atoms with Gasteiger partial charge in [0.2, 0.25) is 5.78 Å². The lowest BCUT2D eigenvalue weighted by molar-refractivity contribution is 0.104. The predicted octanol–water partition coefficient (Wildman–Crippen LogP) is 5.13. The zero-order valence-electron chi connectivity index (χ0n) is 10.7. The standard InChI is InChI=1S/C14H12Br2O2S/c1-7-4-9(5-8(2)13(7)18-3)12(17)11-6-10(15)14(16)19-11/h4-6H,1-3H3. The van der Waals surface area contributed by atoms with Crippen LogP contribution in [0.3, 0.4) is 0 Å². The van der Waals surface area contributed by atoms with Gasteiger partial charge < -0.3 is 4.74 Å². The van der Waals surface area contributed by atoms with Crippen LogP contribution in [0.25, 0.3) is 0 Å². The summed E-state index contributed by atoms with van der Waals surface area (Å²) in [5.41, 5.74) is 2.64. The van der Waals surface area contributed by atoms with E-state index >= 15 is 0 Å². The first kappa shape index (κ1) is 14.8. The van der Waals surface area contributed by atoms with Crippen molar-refractivity contribution in [1.82, 2.24) is 0 Å². The predicted molar refractivity (Wildman–Crippen MR) is 85.6 cm³/mol. The van der Waals surface area contributed by atoms with Crippen molar-refractivity contribution in [2.75, 3.05) is 7.11 Å². The molecule has 2 nitrogen and oxygen atoms in total. The van der Waals surface area contributed by atoms with Crippen molar-refractivity contribution in [2.24, 2.45) is 0 Å². The Hall–Kier alpha value is -0.650. The molecule has 19 heavy (non-hydrogen) atoms. The summed E-state index contributed by atoms with van der Waals surface area (Å²) in [5, 5.41) is 0. The molecule has 0 aliphatic rings. The van der Waals surface area contributed by atoms with Gasteiger partial charge in [-0.2, -0.15) is 0 Å². The van der Waals surface area contributed by atoms with Crippen molar-refractivity contribution in [1.29, 1.82) is 0 Å². The molecule has 0 unspecified atom stereocenters. The number of carbonyl (C=O) groups is 1. The smallest absolute Gasteiger partial charge is 0.203 e. The molecule has 2 rings (SSSR count). The fourth-order valence-corrected chi connectivity index (χ4v) is 4.00. The second kappa shape index (κ2) is 5.77. The summed E-state index contributed by atoms with van der Waals surface area (Å²) < 4.78 is 7.15.